The zero-order valence-electron chi connectivity index (χ0n) is 10.7. The van der Waals surface area contributed by atoms with Crippen LogP contribution in [-0.4, -0.2) is 16.1 Å². The van der Waals surface area contributed by atoms with Crippen LogP contribution in [0.3, 0.4) is 0 Å². The van der Waals surface area contributed by atoms with E-state index >= 15 is 0 Å². The molecule has 0 atom stereocenters. The zero-order valence-corrected chi connectivity index (χ0v) is 11.5. The van der Waals surface area contributed by atoms with Crippen LogP contribution < -0.4 is 4.74 Å². The van der Waals surface area contributed by atoms with Gasteiger partial charge in [-0.2, -0.15) is 0 Å². The molecule has 1 heterocycles. The lowest BCUT2D eigenvalue weighted by atomic mass is 10.2. The molecule has 2 rings (SSSR count). The molecule has 0 aliphatic heterocycles. The molecular formula is C15H12ClNO3. The first-order valence-corrected chi connectivity index (χ1v) is 6.24. The SMILES string of the molecule is Cc1ccc(Cl)c(Oc2ncccc2/C=C/C(=O)O)c1. The summed E-state index contributed by atoms with van der Waals surface area (Å²) in [6, 6.07) is 8.82. The van der Waals surface area contributed by atoms with Gasteiger partial charge in [0.15, 0.2) is 0 Å². The molecular weight excluding hydrogens is 278 g/mol. The summed E-state index contributed by atoms with van der Waals surface area (Å²) in [5.41, 5.74) is 1.57. The van der Waals surface area contributed by atoms with E-state index in [1.54, 1.807) is 30.5 Å². The number of carboxylic acids is 1. The van der Waals surface area contributed by atoms with Gasteiger partial charge in [0.25, 0.3) is 0 Å². The predicted molar refractivity (Wildman–Crippen MR) is 77.2 cm³/mol. The number of ether oxygens (including phenoxy) is 1. The first-order chi connectivity index (χ1) is 9.56. The first kappa shape index (κ1) is 14.1. The lowest BCUT2D eigenvalue weighted by molar-refractivity contribution is -0.131. The van der Waals surface area contributed by atoms with Crippen molar-refractivity contribution in [2.45, 2.75) is 6.92 Å². The summed E-state index contributed by atoms with van der Waals surface area (Å²) in [4.78, 5) is 14.7. The van der Waals surface area contributed by atoms with Crippen LogP contribution in [0.1, 0.15) is 11.1 Å². The zero-order chi connectivity index (χ0) is 14.5. The number of carbonyl (C=O) groups is 1. The van der Waals surface area contributed by atoms with E-state index in [0.717, 1.165) is 11.6 Å². The molecule has 1 aromatic carbocycles. The number of rotatable bonds is 4. The average molecular weight is 290 g/mol. The summed E-state index contributed by atoms with van der Waals surface area (Å²) < 4.78 is 5.67. The Labute approximate surface area is 121 Å². The van der Waals surface area contributed by atoms with Crippen LogP contribution in [0.15, 0.2) is 42.6 Å². The third-order valence-corrected chi connectivity index (χ3v) is 2.81. The summed E-state index contributed by atoms with van der Waals surface area (Å²) in [5, 5.41) is 9.13. The molecule has 2 aromatic rings. The number of hydrogen-bond acceptors (Lipinski definition) is 3. The first-order valence-electron chi connectivity index (χ1n) is 5.86. The summed E-state index contributed by atoms with van der Waals surface area (Å²) in [5.74, 6) is -0.249. The monoisotopic (exact) mass is 289 g/mol. The van der Waals surface area contributed by atoms with Crippen molar-refractivity contribution >= 4 is 23.6 Å². The Kier molecular flexibility index (Phi) is 4.38. The van der Waals surface area contributed by atoms with Crippen LogP contribution in [0.4, 0.5) is 0 Å². The van der Waals surface area contributed by atoms with E-state index in [0.29, 0.717) is 22.2 Å². The van der Waals surface area contributed by atoms with Crippen LogP contribution in [0, 0.1) is 6.92 Å². The molecule has 102 valence electrons. The highest BCUT2D eigenvalue weighted by Gasteiger charge is 2.07. The van der Waals surface area contributed by atoms with Gasteiger partial charge in [-0.25, -0.2) is 9.78 Å². The van der Waals surface area contributed by atoms with E-state index < -0.39 is 5.97 Å². The van der Waals surface area contributed by atoms with Crippen LogP contribution in [0.5, 0.6) is 11.6 Å². The molecule has 5 heteroatoms. The van der Waals surface area contributed by atoms with Gasteiger partial charge in [-0.15, -0.1) is 0 Å². The van der Waals surface area contributed by atoms with E-state index in [1.165, 1.54) is 6.08 Å². The highest BCUT2D eigenvalue weighted by atomic mass is 35.5. The van der Waals surface area contributed by atoms with Gasteiger partial charge >= 0.3 is 5.97 Å². The fourth-order valence-corrected chi connectivity index (χ4v) is 1.73. The average Bonchev–Trinajstić information content (AvgIpc) is 2.42. The number of carboxylic acid groups (broad SMARTS) is 1. The smallest absolute Gasteiger partial charge is 0.328 e. The van der Waals surface area contributed by atoms with Crippen molar-refractivity contribution < 1.29 is 14.6 Å². The molecule has 0 aliphatic carbocycles. The van der Waals surface area contributed by atoms with E-state index in [9.17, 15) is 4.79 Å². The number of aromatic nitrogens is 1. The Bertz CT molecular complexity index is 668. The second-order valence-corrected chi connectivity index (χ2v) is 4.51. The molecule has 0 radical (unpaired) electrons. The van der Waals surface area contributed by atoms with Gasteiger partial charge in [-0.1, -0.05) is 17.7 Å². The van der Waals surface area contributed by atoms with Gasteiger partial charge in [0, 0.05) is 17.8 Å². The molecule has 0 amide bonds. The van der Waals surface area contributed by atoms with Gasteiger partial charge in [0.05, 0.1) is 5.02 Å². The molecule has 1 N–H and O–H groups in total. The van der Waals surface area contributed by atoms with E-state index in [-0.39, 0.29) is 0 Å². The maximum absolute atomic E-state index is 10.6. The van der Waals surface area contributed by atoms with Crippen molar-refractivity contribution in [1.82, 2.24) is 4.98 Å². The molecule has 0 saturated heterocycles. The van der Waals surface area contributed by atoms with Crippen molar-refractivity contribution in [3.05, 3.63) is 58.8 Å². The maximum Gasteiger partial charge on any atom is 0.328 e. The minimum Gasteiger partial charge on any atom is -0.478 e. The number of halogens is 1. The van der Waals surface area contributed by atoms with Gasteiger partial charge in [0.2, 0.25) is 5.88 Å². The normalized spacial score (nSPS) is 10.7. The van der Waals surface area contributed by atoms with Crippen LogP contribution >= 0.6 is 11.6 Å². The molecule has 0 aliphatic rings. The Balaban J connectivity index is 2.34. The Morgan fingerprint density at radius 3 is 2.95 bits per heavy atom. The number of pyridine rings is 1. The highest BCUT2D eigenvalue weighted by Crippen LogP contribution is 2.31. The third-order valence-electron chi connectivity index (χ3n) is 2.50. The summed E-state index contributed by atoms with van der Waals surface area (Å²) in [6.07, 6.45) is 4.02. The summed E-state index contributed by atoms with van der Waals surface area (Å²) in [6.45, 7) is 1.92. The summed E-state index contributed by atoms with van der Waals surface area (Å²) >= 11 is 6.06. The molecule has 4 nitrogen and oxygen atoms in total. The minimum absolute atomic E-state index is 0.303. The molecule has 0 unspecified atom stereocenters. The second-order valence-electron chi connectivity index (χ2n) is 4.11. The molecule has 0 fully saturated rings. The lowest BCUT2D eigenvalue weighted by Crippen LogP contribution is -1.93. The quantitative estimate of drug-likeness (QED) is 0.866. The molecule has 20 heavy (non-hydrogen) atoms. The Morgan fingerprint density at radius 2 is 2.20 bits per heavy atom. The number of aliphatic carboxylic acids is 1. The highest BCUT2D eigenvalue weighted by molar-refractivity contribution is 6.32. The number of hydrogen-bond donors (Lipinski definition) is 1. The minimum atomic E-state index is -1.03. The largest absolute Gasteiger partial charge is 0.478 e. The number of benzene rings is 1. The van der Waals surface area contributed by atoms with Gasteiger partial charge in [-0.3, -0.25) is 0 Å². The van der Waals surface area contributed by atoms with Crippen molar-refractivity contribution in [2.75, 3.05) is 0 Å². The van der Waals surface area contributed by atoms with Crippen molar-refractivity contribution in [1.29, 1.82) is 0 Å². The van der Waals surface area contributed by atoms with Gasteiger partial charge in [-0.05, 0) is 42.8 Å². The van der Waals surface area contributed by atoms with Crippen molar-refractivity contribution in [3.8, 4) is 11.6 Å². The maximum atomic E-state index is 10.6. The van der Waals surface area contributed by atoms with Gasteiger partial charge < -0.3 is 9.84 Å². The standard InChI is InChI=1S/C15H12ClNO3/c1-10-4-6-12(16)13(9-10)20-15-11(3-2-8-17-15)5-7-14(18)19/h2-9H,1H3,(H,18,19)/b7-5+. The fourth-order valence-electron chi connectivity index (χ4n) is 1.57. The Hall–Kier alpha value is -2.33. The molecule has 0 saturated carbocycles. The van der Waals surface area contributed by atoms with Crippen molar-refractivity contribution in [3.63, 3.8) is 0 Å². The van der Waals surface area contributed by atoms with Crippen LogP contribution in [-0.2, 0) is 4.79 Å². The molecule has 1 aromatic heterocycles. The van der Waals surface area contributed by atoms with Crippen LogP contribution in [0.25, 0.3) is 6.08 Å². The molecule has 0 spiro atoms. The second kappa shape index (κ2) is 6.21. The summed E-state index contributed by atoms with van der Waals surface area (Å²) in [7, 11) is 0. The van der Waals surface area contributed by atoms with Crippen LogP contribution in [0.2, 0.25) is 5.02 Å². The topological polar surface area (TPSA) is 59.4 Å². The van der Waals surface area contributed by atoms with E-state index in [4.69, 9.17) is 21.4 Å². The Morgan fingerprint density at radius 1 is 1.40 bits per heavy atom. The fraction of sp³-hybridized carbons (Fsp3) is 0.0667. The number of aryl methyl sites for hydroxylation is 1. The van der Waals surface area contributed by atoms with E-state index in [2.05, 4.69) is 4.98 Å². The third kappa shape index (κ3) is 3.59. The van der Waals surface area contributed by atoms with E-state index in [1.807, 2.05) is 13.0 Å². The predicted octanol–water partition coefficient (Wildman–Crippen LogP) is 3.93. The molecule has 0 bridgehead atoms. The number of nitrogens with zero attached hydrogens (tertiary/aromatic N) is 1. The van der Waals surface area contributed by atoms with Crippen molar-refractivity contribution in [2.24, 2.45) is 0 Å². The van der Waals surface area contributed by atoms with Gasteiger partial charge in [0.1, 0.15) is 5.75 Å². The lowest BCUT2D eigenvalue weighted by Gasteiger charge is -2.09.